The lowest BCUT2D eigenvalue weighted by atomic mass is 9.82. The van der Waals surface area contributed by atoms with Crippen molar-refractivity contribution in [2.75, 3.05) is 19.6 Å². The molecule has 6 nitrogen and oxygen atoms in total. The zero-order chi connectivity index (χ0) is 28.2. The van der Waals surface area contributed by atoms with Crippen molar-refractivity contribution in [1.82, 2.24) is 10.2 Å². The van der Waals surface area contributed by atoms with E-state index in [9.17, 15) is 14.4 Å². The molecule has 0 fully saturated rings. The maximum Gasteiger partial charge on any atom is 0.303 e. The summed E-state index contributed by atoms with van der Waals surface area (Å²) in [5, 5.41) is 12.8. The van der Waals surface area contributed by atoms with Crippen molar-refractivity contribution in [2.24, 2.45) is 5.92 Å². The SMILES string of the molecule is CC.CC(C)CC1C(=O)N(CC(=O)NCCCCCC(=O)O)CC(c2ccccc2Cl)c2cc(Cl)ccc21. The lowest BCUT2D eigenvalue weighted by molar-refractivity contribution is -0.137. The number of carbonyl (C=O) groups excluding carboxylic acids is 2. The van der Waals surface area contributed by atoms with Crippen molar-refractivity contribution in [2.45, 2.75) is 71.6 Å². The molecule has 38 heavy (non-hydrogen) atoms. The normalized spacial score (nSPS) is 16.8. The van der Waals surface area contributed by atoms with Crippen molar-refractivity contribution < 1.29 is 19.5 Å². The Morgan fingerprint density at radius 3 is 2.39 bits per heavy atom. The van der Waals surface area contributed by atoms with E-state index < -0.39 is 5.97 Å². The van der Waals surface area contributed by atoms with Crippen LogP contribution in [0.2, 0.25) is 10.0 Å². The molecule has 1 aliphatic heterocycles. The molecule has 2 amide bonds. The predicted molar refractivity (Wildman–Crippen MR) is 154 cm³/mol. The number of amides is 2. The van der Waals surface area contributed by atoms with Crippen molar-refractivity contribution in [3.63, 3.8) is 0 Å². The fraction of sp³-hybridized carbons (Fsp3) is 0.500. The number of aliphatic carboxylic acids is 1. The lowest BCUT2D eigenvalue weighted by Gasteiger charge is -2.27. The first-order valence-corrected chi connectivity index (χ1v) is 14.2. The van der Waals surface area contributed by atoms with E-state index in [4.69, 9.17) is 28.3 Å². The summed E-state index contributed by atoms with van der Waals surface area (Å²) >= 11 is 13.0. The van der Waals surface area contributed by atoms with E-state index in [-0.39, 0.29) is 42.5 Å². The minimum Gasteiger partial charge on any atom is -0.481 e. The van der Waals surface area contributed by atoms with Gasteiger partial charge in [-0.15, -0.1) is 0 Å². The average molecular weight is 564 g/mol. The molecule has 0 saturated heterocycles. The number of carboxylic acid groups (broad SMARTS) is 1. The molecule has 2 unspecified atom stereocenters. The van der Waals surface area contributed by atoms with Gasteiger partial charge in [0.25, 0.3) is 0 Å². The second-order valence-corrected chi connectivity index (χ2v) is 10.6. The van der Waals surface area contributed by atoms with Gasteiger partial charge < -0.3 is 15.3 Å². The van der Waals surface area contributed by atoms with Gasteiger partial charge in [0.2, 0.25) is 11.8 Å². The topological polar surface area (TPSA) is 86.7 Å². The molecule has 2 aromatic rings. The number of hydrogen-bond donors (Lipinski definition) is 2. The molecule has 208 valence electrons. The highest BCUT2D eigenvalue weighted by Crippen LogP contribution is 2.41. The Morgan fingerprint density at radius 1 is 1.03 bits per heavy atom. The van der Waals surface area contributed by atoms with E-state index in [1.807, 2.05) is 56.3 Å². The number of benzene rings is 2. The lowest BCUT2D eigenvalue weighted by Crippen LogP contribution is -2.43. The Balaban J connectivity index is 0.00000247. The third kappa shape index (κ3) is 9.02. The molecule has 2 N–H and O–H groups in total. The maximum atomic E-state index is 13.8. The molecular weight excluding hydrogens is 523 g/mol. The molecule has 0 radical (unpaired) electrons. The van der Waals surface area contributed by atoms with Crippen LogP contribution in [0, 0.1) is 5.92 Å². The Hall–Kier alpha value is -2.57. The first-order chi connectivity index (χ1) is 18.2. The fourth-order valence-electron chi connectivity index (χ4n) is 4.83. The van der Waals surface area contributed by atoms with Crippen LogP contribution >= 0.6 is 23.2 Å². The summed E-state index contributed by atoms with van der Waals surface area (Å²) in [5.41, 5.74) is 2.80. The monoisotopic (exact) mass is 562 g/mol. The molecule has 0 aliphatic carbocycles. The molecule has 0 aromatic heterocycles. The van der Waals surface area contributed by atoms with Crippen LogP contribution in [0.4, 0.5) is 0 Å². The highest BCUT2D eigenvalue weighted by molar-refractivity contribution is 6.31. The number of hydrogen-bond acceptors (Lipinski definition) is 3. The number of carbonyl (C=O) groups is 3. The molecule has 1 heterocycles. The fourth-order valence-corrected chi connectivity index (χ4v) is 5.28. The maximum absolute atomic E-state index is 13.8. The predicted octanol–water partition coefficient (Wildman–Crippen LogP) is 6.88. The molecule has 0 spiro atoms. The molecular formula is C30H40Cl2N2O4. The van der Waals surface area contributed by atoms with E-state index in [1.54, 1.807) is 4.90 Å². The number of nitrogens with one attached hydrogen (secondary N) is 1. The van der Waals surface area contributed by atoms with Gasteiger partial charge in [0, 0.05) is 35.5 Å². The van der Waals surface area contributed by atoms with Crippen molar-refractivity contribution >= 4 is 41.0 Å². The standard InChI is InChI=1S/C28H34Cl2N2O4.C2H6/c1-18(2)14-23-20-12-11-19(29)15-22(20)24(21-8-5-6-9-25(21)30)16-32(28(23)36)17-26(33)31-13-7-3-4-10-27(34)35;1-2/h5-6,8-9,11-12,15,18,23-24H,3-4,7,10,13-14,16-17H2,1-2H3,(H,31,33)(H,34,35);1-2H3. The van der Waals surface area contributed by atoms with Crippen LogP contribution in [0.3, 0.4) is 0 Å². The van der Waals surface area contributed by atoms with Gasteiger partial charge in [-0.05, 0) is 60.1 Å². The summed E-state index contributed by atoms with van der Waals surface area (Å²) in [4.78, 5) is 38.9. The molecule has 1 aliphatic rings. The Morgan fingerprint density at radius 2 is 1.74 bits per heavy atom. The number of fused-ring (bicyclic) bond motifs is 1. The molecule has 3 rings (SSSR count). The third-order valence-electron chi connectivity index (χ3n) is 6.52. The summed E-state index contributed by atoms with van der Waals surface area (Å²) in [6.07, 6.45) is 2.77. The minimum absolute atomic E-state index is 0.0504. The Labute approximate surface area is 236 Å². The zero-order valence-corrected chi connectivity index (χ0v) is 24.3. The molecule has 2 atom stereocenters. The van der Waals surface area contributed by atoms with Crippen molar-refractivity contribution in [1.29, 1.82) is 0 Å². The zero-order valence-electron chi connectivity index (χ0n) is 22.8. The molecule has 0 bridgehead atoms. The number of rotatable bonds is 11. The van der Waals surface area contributed by atoms with Crippen LogP contribution in [0.25, 0.3) is 0 Å². The first-order valence-electron chi connectivity index (χ1n) is 13.5. The highest BCUT2D eigenvalue weighted by atomic mass is 35.5. The van der Waals surface area contributed by atoms with Crippen LogP contribution in [-0.2, 0) is 14.4 Å². The summed E-state index contributed by atoms with van der Waals surface area (Å²) < 4.78 is 0. The number of nitrogens with zero attached hydrogens (tertiary/aromatic N) is 1. The second kappa shape index (κ2) is 15.7. The van der Waals surface area contributed by atoms with Crippen molar-refractivity contribution in [3.05, 3.63) is 69.2 Å². The van der Waals surface area contributed by atoms with Gasteiger partial charge in [0.05, 0.1) is 12.5 Å². The van der Waals surface area contributed by atoms with Gasteiger partial charge in [-0.25, -0.2) is 0 Å². The van der Waals surface area contributed by atoms with Gasteiger partial charge in [-0.3, -0.25) is 14.4 Å². The van der Waals surface area contributed by atoms with Gasteiger partial charge >= 0.3 is 5.97 Å². The van der Waals surface area contributed by atoms with Crippen LogP contribution in [0.1, 0.15) is 88.3 Å². The molecule has 8 heteroatoms. The van der Waals surface area contributed by atoms with E-state index >= 15 is 0 Å². The summed E-state index contributed by atoms with van der Waals surface area (Å²) in [5.74, 6) is -1.44. The molecule has 2 aromatic carbocycles. The third-order valence-corrected chi connectivity index (χ3v) is 7.10. The van der Waals surface area contributed by atoms with Crippen LogP contribution < -0.4 is 5.32 Å². The minimum atomic E-state index is -0.815. The van der Waals surface area contributed by atoms with E-state index in [0.29, 0.717) is 42.4 Å². The number of unbranched alkanes of at least 4 members (excludes halogenated alkanes) is 2. The summed E-state index contributed by atoms with van der Waals surface area (Å²) in [6, 6.07) is 13.3. The largest absolute Gasteiger partial charge is 0.481 e. The van der Waals surface area contributed by atoms with Gasteiger partial charge in [-0.1, -0.05) is 81.6 Å². The highest BCUT2D eigenvalue weighted by Gasteiger charge is 2.37. The molecule has 0 saturated carbocycles. The number of halogens is 2. The summed E-state index contributed by atoms with van der Waals surface area (Å²) in [6.45, 7) is 8.88. The van der Waals surface area contributed by atoms with Crippen LogP contribution in [0.15, 0.2) is 42.5 Å². The van der Waals surface area contributed by atoms with Crippen LogP contribution in [-0.4, -0.2) is 47.4 Å². The first kappa shape index (κ1) is 31.6. The van der Waals surface area contributed by atoms with Gasteiger partial charge in [0.15, 0.2) is 0 Å². The average Bonchev–Trinajstić information content (AvgIpc) is 2.97. The van der Waals surface area contributed by atoms with E-state index in [0.717, 1.165) is 23.1 Å². The van der Waals surface area contributed by atoms with Crippen molar-refractivity contribution in [3.8, 4) is 0 Å². The van der Waals surface area contributed by atoms with Gasteiger partial charge in [0.1, 0.15) is 0 Å². The Kier molecular flexibility index (Phi) is 13.1. The van der Waals surface area contributed by atoms with Crippen LogP contribution in [0.5, 0.6) is 0 Å². The smallest absolute Gasteiger partial charge is 0.303 e. The quantitative estimate of drug-likeness (QED) is 0.292. The number of carboxylic acids is 1. The second-order valence-electron chi connectivity index (χ2n) is 9.80. The van der Waals surface area contributed by atoms with Gasteiger partial charge in [-0.2, -0.15) is 0 Å². The van der Waals surface area contributed by atoms with E-state index in [1.165, 1.54) is 0 Å². The summed E-state index contributed by atoms with van der Waals surface area (Å²) in [7, 11) is 0. The Bertz CT molecular complexity index is 1090. The van der Waals surface area contributed by atoms with E-state index in [2.05, 4.69) is 19.2 Å².